The molecule has 1 heterocycles. The molecule has 1 aliphatic rings. The van der Waals surface area contributed by atoms with Gasteiger partial charge in [0.2, 0.25) is 0 Å². The molecule has 0 atom stereocenters. The highest BCUT2D eigenvalue weighted by molar-refractivity contribution is 6.34. The Morgan fingerprint density at radius 3 is 2.18 bits per heavy atom. The quantitative estimate of drug-likeness (QED) is 0.690. The van der Waals surface area contributed by atoms with E-state index in [1.807, 2.05) is 0 Å². The Morgan fingerprint density at radius 2 is 1.59 bits per heavy atom. The van der Waals surface area contributed by atoms with E-state index in [9.17, 15) is 19.2 Å². The number of imide groups is 1. The van der Waals surface area contributed by atoms with Crippen LogP contribution in [0.3, 0.4) is 0 Å². The van der Waals surface area contributed by atoms with Gasteiger partial charge in [-0.25, -0.2) is 9.69 Å². The van der Waals surface area contributed by atoms with Crippen molar-refractivity contribution in [2.75, 3.05) is 4.90 Å². The highest BCUT2D eigenvalue weighted by Crippen LogP contribution is 2.29. The molecule has 108 valence electrons. The molecule has 2 amide bonds. The lowest BCUT2D eigenvalue weighted by atomic mass is 10.1. The van der Waals surface area contributed by atoms with Crippen molar-refractivity contribution < 1.29 is 24.3 Å². The molecule has 0 fully saturated rings. The van der Waals surface area contributed by atoms with Crippen molar-refractivity contribution in [1.82, 2.24) is 0 Å². The lowest BCUT2D eigenvalue weighted by molar-refractivity contribution is 0.0696. The van der Waals surface area contributed by atoms with Crippen molar-refractivity contribution in [2.24, 2.45) is 0 Å². The van der Waals surface area contributed by atoms with E-state index in [2.05, 4.69) is 0 Å². The summed E-state index contributed by atoms with van der Waals surface area (Å²) in [5.41, 5.74) is 0.916. The number of rotatable bonds is 3. The van der Waals surface area contributed by atoms with Gasteiger partial charge in [-0.3, -0.25) is 14.4 Å². The zero-order valence-electron chi connectivity index (χ0n) is 11.1. The molecular weight excluding hydrogens is 286 g/mol. The molecule has 0 radical (unpaired) electrons. The number of carbonyl (C=O) groups excluding carboxylic acids is 3. The summed E-state index contributed by atoms with van der Waals surface area (Å²) in [6, 6.07) is 9.78. The van der Waals surface area contributed by atoms with Crippen LogP contribution in [0.4, 0.5) is 5.69 Å². The number of amides is 2. The molecule has 0 saturated heterocycles. The van der Waals surface area contributed by atoms with Gasteiger partial charge in [-0.2, -0.15) is 0 Å². The minimum atomic E-state index is -1.17. The maximum Gasteiger partial charge on any atom is 0.335 e. The van der Waals surface area contributed by atoms with Crippen LogP contribution in [0.1, 0.15) is 41.4 Å². The molecule has 2 aromatic rings. The van der Waals surface area contributed by atoms with E-state index in [4.69, 9.17) is 5.11 Å². The molecule has 22 heavy (non-hydrogen) atoms. The number of aromatic carboxylic acids is 1. The molecule has 6 heteroatoms. The number of anilines is 1. The average Bonchev–Trinajstić information content (AvgIpc) is 2.78. The van der Waals surface area contributed by atoms with E-state index < -0.39 is 17.8 Å². The molecule has 6 nitrogen and oxygen atoms in total. The maximum absolute atomic E-state index is 12.4. The van der Waals surface area contributed by atoms with Crippen LogP contribution >= 0.6 is 0 Å². The lowest BCUT2D eigenvalue weighted by Crippen LogP contribution is -2.29. The lowest BCUT2D eigenvalue weighted by Gasteiger charge is -2.13. The van der Waals surface area contributed by atoms with Gasteiger partial charge in [0.05, 0.1) is 22.4 Å². The van der Waals surface area contributed by atoms with Crippen LogP contribution in [-0.2, 0) is 0 Å². The summed E-state index contributed by atoms with van der Waals surface area (Å²) >= 11 is 0. The van der Waals surface area contributed by atoms with Gasteiger partial charge in [-0.05, 0) is 42.5 Å². The summed E-state index contributed by atoms with van der Waals surface area (Å²) in [6.07, 6.45) is 0.658. The number of carbonyl (C=O) groups is 4. The second-order valence-electron chi connectivity index (χ2n) is 4.72. The van der Waals surface area contributed by atoms with Gasteiger partial charge in [0.15, 0.2) is 0 Å². The predicted octanol–water partition coefficient (Wildman–Crippen LogP) is 2.00. The van der Waals surface area contributed by atoms with Crippen molar-refractivity contribution in [2.45, 2.75) is 0 Å². The van der Waals surface area contributed by atoms with E-state index in [1.54, 1.807) is 0 Å². The zero-order chi connectivity index (χ0) is 15.9. The highest BCUT2D eigenvalue weighted by Gasteiger charge is 2.37. The van der Waals surface area contributed by atoms with Gasteiger partial charge in [-0.15, -0.1) is 0 Å². The van der Waals surface area contributed by atoms with Crippen LogP contribution in [0.25, 0.3) is 0 Å². The minimum Gasteiger partial charge on any atom is -0.478 e. The molecule has 0 unspecified atom stereocenters. The Hall–Kier alpha value is -3.28. The van der Waals surface area contributed by atoms with Crippen LogP contribution in [-0.4, -0.2) is 29.2 Å². The fourth-order valence-electron chi connectivity index (χ4n) is 2.31. The number of nitrogens with zero attached hydrogens (tertiary/aromatic N) is 1. The second-order valence-corrected chi connectivity index (χ2v) is 4.72. The van der Waals surface area contributed by atoms with E-state index >= 15 is 0 Å². The fourth-order valence-corrected chi connectivity index (χ4v) is 2.31. The predicted molar refractivity (Wildman–Crippen MR) is 76.4 cm³/mol. The first-order chi connectivity index (χ1) is 10.5. The standard InChI is InChI=1S/C16H9NO5/c18-8-9-1-4-11(5-2-9)17-14(19)12-6-3-10(16(21)22)7-13(12)15(17)20/h1-8H,(H,21,22). The number of hydrogen-bond donors (Lipinski definition) is 1. The Bertz CT molecular complexity index is 823. The smallest absolute Gasteiger partial charge is 0.335 e. The largest absolute Gasteiger partial charge is 0.478 e. The highest BCUT2D eigenvalue weighted by atomic mass is 16.4. The Morgan fingerprint density at radius 1 is 0.955 bits per heavy atom. The molecule has 2 aromatic carbocycles. The molecule has 3 rings (SSSR count). The topological polar surface area (TPSA) is 91.8 Å². The van der Waals surface area contributed by atoms with Crippen LogP contribution in [0.5, 0.6) is 0 Å². The van der Waals surface area contributed by atoms with Crippen molar-refractivity contribution in [3.05, 3.63) is 64.7 Å². The first kappa shape index (κ1) is 13.7. The van der Waals surface area contributed by atoms with Gasteiger partial charge in [0, 0.05) is 5.56 Å². The Kier molecular flexibility index (Phi) is 3.06. The number of hydrogen-bond acceptors (Lipinski definition) is 4. The number of aldehydes is 1. The molecule has 1 aliphatic heterocycles. The molecule has 0 spiro atoms. The summed E-state index contributed by atoms with van der Waals surface area (Å²) in [7, 11) is 0. The summed E-state index contributed by atoms with van der Waals surface area (Å²) in [4.78, 5) is 47.3. The van der Waals surface area contributed by atoms with E-state index in [-0.39, 0.29) is 16.7 Å². The molecule has 1 N–H and O–H groups in total. The average molecular weight is 295 g/mol. The van der Waals surface area contributed by atoms with Gasteiger partial charge < -0.3 is 5.11 Å². The number of fused-ring (bicyclic) bond motifs is 1. The third-order valence-electron chi connectivity index (χ3n) is 3.42. The summed E-state index contributed by atoms with van der Waals surface area (Å²) in [5.74, 6) is -2.27. The van der Waals surface area contributed by atoms with Crippen LogP contribution in [0, 0.1) is 0 Å². The molecular formula is C16H9NO5. The third kappa shape index (κ3) is 1.98. The summed E-state index contributed by atoms with van der Waals surface area (Å²) in [5, 5.41) is 8.97. The van der Waals surface area contributed by atoms with Crippen molar-refractivity contribution in [3.8, 4) is 0 Å². The fraction of sp³-hybridized carbons (Fsp3) is 0. The Balaban J connectivity index is 2.05. The second kappa shape index (κ2) is 4.92. The van der Waals surface area contributed by atoms with Gasteiger partial charge in [0.1, 0.15) is 6.29 Å². The van der Waals surface area contributed by atoms with Gasteiger partial charge in [-0.1, -0.05) is 0 Å². The summed E-state index contributed by atoms with van der Waals surface area (Å²) in [6.45, 7) is 0. The van der Waals surface area contributed by atoms with E-state index in [0.717, 1.165) is 4.90 Å². The molecule has 0 saturated carbocycles. The van der Waals surface area contributed by atoms with Crippen LogP contribution < -0.4 is 4.90 Å². The normalized spacial score (nSPS) is 13.2. The molecule has 0 bridgehead atoms. The molecule has 0 aliphatic carbocycles. The SMILES string of the molecule is O=Cc1ccc(N2C(=O)c3ccc(C(=O)O)cc3C2=O)cc1. The van der Waals surface area contributed by atoms with E-state index in [1.165, 1.54) is 42.5 Å². The third-order valence-corrected chi connectivity index (χ3v) is 3.42. The van der Waals surface area contributed by atoms with Crippen LogP contribution in [0.2, 0.25) is 0 Å². The maximum atomic E-state index is 12.4. The van der Waals surface area contributed by atoms with Crippen molar-refractivity contribution in [1.29, 1.82) is 0 Å². The number of benzene rings is 2. The van der Waals surface area contributed by atoms with E-state index in [0.29, 0.717) is 17.5 Å². The van der Waals surface area contributed by atoms with Crippen molar-refractivity contribution >= 4 is 29.8 Å². The van der Waals surface area contributed by atoms with Crippen LogP contribution in [0.15, 0.2) is 42.5 Å². The van der Waals surface area contributed by atoms with Crippen molar-refractivity contribution in [3.63, 3.8) is 0 Å². The summed E-state index contributed by atoms with van der Waals surface area (Å²) < 4.78 is 0. The van der Waals surface area contributed by atoms with Gasteiger partial charge >= 0.3 is 5.97 Å². The number of carboxylic acids is 1. The minimum absolute atomic E-state index is 0.0574. The Labute approximate surface area is 124 Å². The number of carboxylic acid groups (broad SMARTS) is 1. The monoisotopic (exact) mass is 295 g/mol. The first-order valence-corrected chi connectivity index (χ1v) is 6.34. The zero-order valence-corrected chi connectivity index (χ0v) is 11.1. The van der Waals surface area contributed by atoms with Gasteiger partial charge in [0.25, 0.3) is 11.8 Å². The first-order valence-electron chi connectivity index (χ1n) is 6.34. The molecule has 0 aromatic heterocycles.